The largest absolute Gasteiger partial charge is 0.493 e. The first kappa shape index (κ1) is 24.1. The Bertz CT molecular complexity index is 1200. The van der Waals surface area contributed by atoms with Gasteiger partial charge in [-0.15, -0.1) is 0 Å². The van der Waals surface area contributed by atoms with E-state index in [-0.39, 0.29) is 18.3 Å². The highest BCUT2D eigenvalue weighted by molar-refractivity contribution is 9.10. The van der Waals surface area contributed by atoms with Gasteiger partial charge in [0.05, 0.1) is 26.4 Å². The quantitative estimate of drug-likeness (QED) is 0.509. The van der Waals surface area contributed by atoms with Gasteiger partial charge in [0.25, 0.3) is 0 Å². The van der Waals surface area contributed by atoms with Gasteiger partial charge in [-0.1, -0.05) is 34.1 Å². The first-order valence-electron chi connectivity index (χ1n) is 11.3. The molecule has 7 heteroatoms. The molecule has 1 aliphatic heterocycles. The van der Waals surface area contributed by atoms with Crippen LogP contribution in [0.4, 0.5) is 0 Å². The first-order chi connectivity index (χ1) is 16.4. The molecule has 0 spiro atoms. The molecule has 0 bridgehead atoms. The number of dihydropyridines is 1. The number of Topliss-reactive ketones (excluding diaryl/α,β-unsaturated/α-hetero) is 1. The van der Waals surface area contributed by atoms with Crippen molar-refractivity contribution in [2.75, 3.05) is 20.8 Å². The smallest absolute Gasteiger partial charge is 0.336 e. The van der Waals surface area contributed by atoms with Gasteiger partial charge < -0.3 is 19.5 Å². The number of ketones is 1. The Labute approximate surface area is 208 Å². The maximum atomic E-state index is 13.7. The molecule has 34 heavy (non-hydrogen) atoms. The van der Waals surface area contributed by atoms with E-state index >= 15 is 0 Å². The Hall–Kier alpha value is -3.06. The summed E-state index contributed by atoms with van der Waals surface area (Å²) in [5.41, 5.74) is 4.58. The number of esters is 1. The van der Waals surface area contributed by atoms with Gasteiger partial charge in [-0.3, -0.25) is 4.79 Å². The van der Waals surface area contributed by atoms with Crippen molar-refractivity contribution in [3.05, 3.63) is 80.6 Å². The van der Waals surface area contributed by atoms with Gasteiger partial charge in [0.1, 0.15) is 0 Å². The molecule has 6 nitrogen and oxygen atoms in total. The minimum absolute atomic E-state index is 0.0151. The lowest BCUT2D eigenvalue weighted by Gasteiger charge is -2.36. The summed E-state index contributed by atoms with van der Waals surface area (Å²) in [6, 6.07) is 13.5. The van der Waals surface area contributed by atoms with Gasteiger partial charge in [-0.2, -0.15) is 0 Å². The zero-order valence-corrected chi connectivity index (χ0v) is 21.3. The van der Waals surface area contributed by atoms with E-state index in [0.29, 0.717) is 41.2 Å². The maximum Gasteiger partial charge on any atom is 0.336 e. The van der Waals surface area contributed by atoms with Crippen molar-refractivity contribution in [2.24, 2.45) is 0 Å². The van der Waals surface area contributed by atoms with Crippen LogP contribution in [0.1, 0.15) is 49.7 Å². The molecule has 0 unspecified atom stereocenters. The molecule has 0 amide bonds. The predicted molar refractivity (Wildman–Crippen MR) is 133 cm³/mol. The summed E-state index contributed by atoms with van der Waals surface area (Å²) >= 11 is 3.53. The SMILES string of the molecule is CCOC(=O)C1=C(C)NC2=C(C(=O)C[C@@H](c3ccc(OC)c(OC)c3)C2)[C@H]1c1cccc(Br)c1. The van der Waals surface area contributed by atoms with E-state index in [1.54, 1.807) is 21.1 Å². The molecule has 4 rings (SSSR count). The third kappa shape index (κ3) is 4.49. The lowest BCUT2D eigenvalue weighted by Crippen LogP contribution is -2.36. The van der Waals surface area contributed by atoms with Crippen LogP contribution in [0.15, 0.2) is 69.5 Å². The van der Waals surface area contributed by atoms with Gasteiger partial charge in [0.15, 0.2) is 17.3 Å². The van der Waals surface area contributed by atoms with Gasteiger partial charge in [-0.25, -0.2) is 4.79 Å². The van der Waals surface area contributed by atoms with E-state index < -0.39 is 11.9 Å². The summed E-state index contributed by atoms with van der Waals surface area (Å²) in [6.45, 7) is 3.91. The Morgan fingerprint density at radius 1 is 1.06 bits per heavy atom. The number of carbonyl (C=O) groups excluding carboxylic acids is 2. The second-order valence-corrected chi connectivity index (χ2v) is 9.32. The number of rotatable bonds is 6. The molecule has 0 aromatic heterocycles. The molecule has 2 aliphatic rings. The van der Waals surface area contributed by atoms with Crippen LogP contribution in [-0.2, 0) is 14.3 Å². The molecule has 0 saturated carbocycles. The molecular weight excluding hydrogens is 498 g/mol. The second-order valence-electron chi connectivity index (χ2n) is 8.41. The number of methoxy groups -OCH3 is 2. The normalized spacial score (nSPS) is 20.0. The molecule has 2 aromatic carbocycles. The lowest BCUT2D eigenvalue weighted by atomic mass is 9.71. The molecule has 178 valence electrons. The van der Waals surface area contributed by atoms with E-state index in [1.165, 1.54) is 0 Å². The van der Waals surface area contributed by atoms with Crippen molar-refractivity contribution >= 4 is 27.7 Å². The van der Waals surface area contributed by atoms with E-state index in [9.17, 15) is 9.59 Å². The van der Waals surface area contributed by atoms with E-state index in [4.69, 9.17) is 14.2 Å². The molecule has 1 N–H and O–H groups in total. The van der Waals surface area contributed by atoms with Crippen molar-refractivity contribution in [3.63, 3.8) is 0 Å². The van der Waals surface area contributed by atoms with E-state index in [1.807, 2.05) is 49.4 Å². The monoisotopic (exact) mass is 525 g/mol. The van der Waals surface area contributed by atoms with Crippen molar-refractivity contribution in [1.82, 2.24) is 5.32 Å². The minimum atomic E-state index is -0.480. The van der Waals surface area contributed by atoms with Crippen LogP contribution in [0.2, 0.25) is 0 Å². The summed E-state index contributed by atoms with van der Waals surface area (Å²) < 4.78 is 17.1. The fourth-order valence-electron chi connectivity index (χ4n) is 4.88. The third-order valence-corrected chi connectivity index (χ3v) is 6.88. The number of nitrogens with one attached hydrogen (secondary N) is 1. The van der Waals surface area contributed by atoms with Crippen LogP contribution in [0, 0.1) is 0 Å². The van der Waals surface area contributed by atoms with Crippen molar-refractivity contribution in [2.45, 2.75) is 38.5 Å². The molecule has 0 radical (unpaired) electrons. The molecule has 2 aromatic rings. The maximum absolute atomic E-state index is 13.7. The van der Waals surface area contributed by atoms with Gasteiger partial charge in [0.2, 0.25) is 0 Å². The van der Waals surface area contributed by atoms with Crippen LogP contribution in [0.25, 0.3) is 0 Å². The average molecular weight is 526 g/mol. The van der Waals surface area contributed by atoms with Crippen molar-refractivity contribution in [1.29, 1.82) is 0 Å². The van der Waals surface area contributed by atoms with Crippen LogP contribution in [0.5, 0.6) is 11.5 Å². The molecule has 1 heterocycles. The fourth-order valence-corrected chi connectivity index (χ4v) is 5.30. The molecule has 1 aliphatic carbocycles. The van der Waals surface area contributed by atoms with Crippen LogP contribution in [-0.4, -0.2) is 32.6 Å². The topological polar surface area (TPSA) is 73.9 Å². The molecule has 0 fully saturated rings. The van der Waals surface area contributed by atoms with Crippen molar-refractivity contribution < 1.29 is 23.8 Å². The molecular formula is C27H28BrNO5. The number of ether oxygens (including phenoxy) is 3. The number of carbonyl (C=O) groups is 2. The Morgan fingerprint density at radius 2 is 1.82 bits per heavy atom. The van der Waals surface area contributed by atoms with Gasteiger partial charge >= 0.3 is 5.97 Å². The second kappa shape index (κ2) is 10.1. The van der Waals surface area contributed by atoms with Crippen LogP contribution >= 0.6 is 15.9 Å². The summed E-state index contributed by atoms with van der Waals surface area (Å²) in [5.74, 6) is 0.408. The number of hydrogen-bond donors (Lipinski definition) is 1. The zero-order valence-electron chi connectivity index (χ0n) is 19.7. The molecule has 2 atom stereocenters. The summed E-state index contributed by atoms with van der Waals surface area (Å²) in [7, 11) is 3.20. The lowest BCUT2D eigenvalue weighted by molar-refractivity contribution is -0.138. The number of allylic oxidation sites excluding steroid dienone is 3. The van der Waals surface area contributed by atoms with Crippen molar-refractivity contribution in [3.8, 4) is 11.5 Å². The van der Waals surface area contributed by atoms with E-state index in [2.05, 4.69) is 21.2 Å². The fraction of sp³-hybridized carbons (Fsp3) is 0.333. The number of hydrogen-bond acceptors (Lipinski definition) is 6. The highest BCUT2D eigenvalue weighted by atomic mass is 79.9. The minimum Gasteiger partial charge on any atom is -0.493 e. The number of halogens is 1. The summed E-state index contributed by atoms with van der Waals surface area (Å²) in [5, 5.41) is 3.37. The van der Waals surface area contributed by atoms with Gasteiger partial charge in [-0.05, 0) is 61.6 Å². The Balaban J connectivity index is 1.78. The Kier molecular flexibility index (Phi) is 7.12. The van der Waals surface area contributed by atoms with E-state index in [0.717, 1.165) is 21.3 Å². The van der Waals surface area contributed by atoms with Crippen LogP contribution < -0.4 is 14.8 Å². The average Bonchev–Trinajstić information content (AvgIpc) is 2.82. The number of benzene rings is 2. The first-order valence-corrected chi connectivity index (χ1v) is 12.1. The zero-order chi connectivity index (χ0) is 24.4. The predicted octanol–water partition coefficient (Wildman–Crippen LogP) is 5.39. The molecule has 0 saturated heterocycles. The highest BCUT2D eigenvalue weighted by Crippen LogP contribution is 2.46. The highest BCUT2D eigenvalue weighted by Gasteiger charge is 2.41. The van der Waals surface area contributed by atoms with Gasteiger partial charge in [0, 0.05) is 33.8 Å². The third-order valence-electron chi connectivity index (χ3n) is 6.38. The Morgan fingerprint density at radius 3 is 2.50 bits per heavy atom. The summed E-state index contributed by atoms with van der Waals surface area (Å²) in [6.07, 6.45) is 0.990. The standard InChI is InChI=1S/C27H28BrNO5/c1-5-34-27(31)24-15(2)29-20-12-18(16-9-10-22(32-3)23(14-16)33-4)13-21(30)26(20)25(24)17-7-6-8-19(28)11-17/h6-11,14,18,25,29H,5,12-13H2,1-4H3/t18-,25-/m0/s1. The summed E-state index contributed by atoms with van der Waals surface area (Å²) in [4.78, 5) is 26.6. The van der Waals surface area contributed by atoms with Crippen LogP contribution in [0.3, 0.4) is 0 Å².